The topological polar surface area (TPSA) is 62.0 Å². The van der Waals surface area contributed by atoms with E-state index in [9.17, 15) is 5.21 Å². The fourth-order valence-electron chi connectivity index (χ4n) is 1.05. The van der Waals surface area contributed by atoms with E-state index < -0.39 is 0 Å². The molecule has 0 bridgehead atoms. The highest BCUT2D eigenvalue weighted by atomic mass is 16.5. The second kappa shape index (κ2) is 4.36. The highest BCUT2D eigenvalue weighted by molar-refractivity contribution is 5.14. The average molecular weight is 203 g/mol. The van der Waals surface area contributed by atoms with E-state index in [1.165, 1.54) is 12.4 Å². The van der Waals surface area contributed by atoms with E-state index >= 15 is 0 Å². The number of rotatable bonds is 3. The molecule has 5 heteroatoms. The van der Waals surface area contributed by atoms with E-state index in [2.05, 4.69) is 9.97 Å². The van der Waals surface area contributed by atoms with Crippen molar-refractivity contribution in [1.82, 2.24) is 9.97 Å². The van der Waals surface area contributed by atoms with Gasteiger partial charge < -0.3 is 9.94 Å². The van der Waals surface area contributed by atoms with Crippen LogP contribution in [0.4, 0.5) is 0 Å². The summed E-state index contributed by atoms with van der Waals surface area (Å²) in [7, 11) is 0. The smallest absolute Gasteiger partial charge is 0.184 e. The maximum atomic E-state index is 10.7. The normalized spacial score (nSPS) is 9.87. The van der Waals surface area contributed by atoms with E-state index in [1.54, 1.807) is 30.6 Å². The fourth-order valence-corrected chi connectivity index (χ4v) is 1.05. The van der Waals surface area contributed by atoms with Crippen LogP contribution in [-0.4, -0.2) is 9.97 Å². The van der Waals surface area contributed by atoms with E-state index in [4.69, 9.17) is 4.74 Å². The van der Waals surface area contributed by atoms with Gasteiger partial charge in [0.15, 0.2) is 18.2 Å². The molecule has 0 fully saturated rings. The molecule has 15 heavy (non-hydrogen) atoms. The SMILES string of the molecule is [O-][n+]1ccc(OCc2ncccn2)cc1. The minimum atomic E-state index is 0.295. The Morgan fingerprint density at radius 3 is 2.53 bits per heavy atom. The molecule has 0 spiro atoms. The first-order valence-corrected chi connectivity index (χ1v) is 4.42. The van der Waals surface area contributed by atoms with Crippen LogP contribution in [0.25, 0.3) is 0 Å². The molecule has 2 rings (SSSR count). The third kappa shape index (κ3) is 2.63. The summed E-state index contributed by atoms with van der Waals surface area (Å²) < 4.78 is 6.07. The Morgan fingerprint density at radius 1 is 1.20 bits per heavy atom. The second-order valence-corrected chi connectivity index (χ2v) is 2.85. The lowest BCUT2D eigenvalue weighted by Gasteiger charge is -2.03. The first-order chi connectivity index (χ1) is 7.34. The lowest BCUT2D eigenvalue weighted by atomic mass is 10.4. The van der Waals surface area contributed by atoms with Crippen molar-refractivity contribution in [3.63, 3.8) is 0 Å². The first kappa shape index (κ1) is 9.39. The summed E-state index contributed by atoms with van der Waals surface area (Å²) in [5, 5.41) is 10.7. The van der Waals surface area contributed by atoms with Crippen molar-refractivity contribution >= 4 is 0 Å². The molecule has 76 valence electrons. The summed E-state index contributed by atoms with van der Waals surface area (Å²) in [5.74, 6) is 1.23. The maximum Gasteiger partial charge on any atom is 0.184 e. The Balaban J connectivity index is 1.96. The van der Waals surface area contributed by atoms with Crippen LogP contribution in [0.15, 0.2) is 43.0 Å². The molecule has 0 radical (unpaired) electrons. The van der Waals surface area contributed by atoms with Gasteiger partial charge in [-0.05, 0) is 6.07 Å². The van der Waals surface area contributed by atoms with Gasteiger partial charge in [-0.2, -0.15) is 4.73 Å². The van der Waals surface area contributed by atoms with Crippen molar-refractivity contribution in [2.24, 2.45) is 0 Å². The molecule has 0 N–H and O–H groups in total. The molecule has 0 unspecified atom stereocenters. The molecule has 2 aromatic heterocycles. The molecule has 0 saturated heterocycles. The monoisotopic (exact) mass is 203 g/mol. The summed E-state index contributed by atoms with van der Waals surface area (Å²) in [5.41, 5.74) is 0. The van der Waals surface area contributed by atoms with Gasteiger partial charge in [-0.15, -0.1) is 0 Å². The predicted molar refractivity (Wildman–Crippen MR) is 51.8 cm³/mol. The molecule has 0 amide bonds. The molecule has 0 aromatic carbocycles. The minimum Gasteiger partial charge on any atom is -0.619 e. The molecular weight excluding hydrogens is 194 g/mol. The summed E-state index contributed by atoms with van der Waals surface area (Å²) in [6, 6.07) is 4.93. The molecule has 0 aliphatic rings. The lowest BCUT2D eigenvalue weighted by molar-refractivity contribution is -0.605. The van der Waals surface area contributed by atoms with E-state index in [-0.39, 0.29) is 0 Å². The molecule has 0 atom stereocenters. The molecule has 2 heterocycles. The average Bonchev–Trinajstić information content (AvgIpc) is 2.30. The van der Waals surface area contributed by atoms with Gasteiger partial charge in [-0.3, -0.25) is 0 Å². The van der Waals surface area contributed by atoms with Gasteiger partial charge in [-0.25, -0.2) is 9.97 Å². The second-order valence-electron chi connectivity index (χ2n) is 2.85. The van der Waals surface area contributed by atoms with E-state index in [0.717, 1.165) is 0 Å². The summed E-state index contributed by atoms with van der Waals surface area (Å²) in [6.45, 7) is 0.295. The largest absolute Gasteiger partial charge is 0.619 e. The molecule has 0 aliphatic heterocycles. The highest BCUT2D eigenvalue weighted by Crippen LogP contribution is 2.07. The number of nitrogens with zero attached hydrogens (tertiary/aromatic N) is 3. The molecule has 2 aromatic rings. The molecule has 5 nitrogen and oxygen atoms in total. The molecule has 0 aliphatic carbocycles. The lowest BCUT2D eigenvalue weighted by Crippen LogP contribution is -2.23. The van der Waals surface area contributed by atoms with Gasteiger partial charge in [0.2, 0.25) is 0 Å². The van der Waals surface area contributed by atoms with Crippen LogP contribution in [0.3, 0.4) is 0 Å². The third-order valence-corrected chi connectivity index (χ3v) is 1.76. The summed E-state index contributed by atoms with van der Waals surface area (Å²) in [4.78, 5) is 8.02. The predicted octanol–water partition coefficient (Wildman–Crippen LogP) is 0.689. The van der Waals surface area contributed by atoms with Crippen LogP contribution in [0.1, 0.15) is 5.82 Å². The number of pyridine rings is 1. The first-order valence-electron chi connectivity index (χ1n) is 4.42. The van der Waals surface area contributed by atoms with Crippen molar-refractivity contribution in [2.45, 2.75) is 6.61 Å². The Kier molecular flexibility index (Phi) is 2.73. The van der Waals surface area contributed by atoms with Crippen LogP contribution in [0.2, 0.25) is 0 Å². The Morgan fingerprint density at radius 2 is 1.87 bits per heavy atom. The standard InChI is InChI=1S/C10H9N3O2/c14-13-6-2-9(3-7-13)15-8-10-11-4-1-5-12-10/h1-7H,8H2. The van der Waals surface area contributed by atoms with Gasteiger partial charge in [0.25, 0.3) is 0 Å². The maximum absolute atomic E-state index is 10.7. The Hall–Kier alpha value is -2.17. The van der Waals surface area contributed by atoms with Crippen LogP contribution in [-0.2, 0) is 6.61 Å². The van der Waals surface area contributed by atoms with Crippen LogP contribution in [0, 0.1) is 5.21 Å². The number of ether oxygens (including phenoxy) is 1. The van der Waals surface area contributed by atoms with E-state index in [1.807, 2.05) is 0 Å². The van der Waals surface area contributed by atoms with Crippen molar-refractivity contribution in [3.8, 4) is 5.75 Å². The number of hydrogen-bond acceptors (Lipinski definition) is 4. The summed E-state index contributed by atoms with van der Waals surface area (Å²) in [6.07, 6.45) is 6.06. The quantitative estimate of drug-likeness (QED) is 0.544. The Bertz CT molecular complexity index is 416. The van der Waals surface area contributed by atoms with Crippen LogP contribution < -0.4 is 9.47 Å². The van der Waals surface area contributed by atoms with Gasteiger partial charge >= 0.3 is 0 Å². The van der Waals surface area contributed by atoms with Crippen molar-refractivity contribution < 1.29 is 9.47 Å². The fraction of sp³-hybridized carbons (Fsp3) is 0.100. The molecular formula is C10H9N3O2. The minimum absolute atomic E-state index is 0.295. The van der Waals surface area contributed by atoms with Gasteiger partial charge in [0.1, 0.15) is 12.4 Å². The number of aromatic nitrogens is 3. The molecule has 0 saturated carbocycles. The van der Waals surface area contributed by atoms with Gasteiger partial charge in [0, 0.05) is 24.5 Å². The zero-order valence-electron chi connectivity index (χ0n) is 7.91. The Labute approximate surface area is 86.6 Å². The van der Waals surface area contributed by atoms with E-state index in [0.29, 0.717) is 22.9 Å². The zero-order chi connectivity index (χ0) is 10.5. The van der Waals surface area contributed by atoms with Crippen molar-refractivity contribution in [3.05, 3.63) is 54.0 Å². The highest BCUT2D eigenvalue weighted by Gasteiger charge is 1.98. The van der Waals surface area contributed by atoms with Crippen molar-refractivity contribution in [1.29, 1.82) is 0 Å². The third-order valence-electron chi connectivity index (χ3n) is 1.76. The van der Waals surface area contributed by atoms with Crippen LogP contribution >= 0.6 is 0 Å². The summed E-state index contributed by atoms with van der Waals surface area (Å²) >= 11 is 0. The number of hydrogen-bond donors (Lipinski definition) is 0. The van der Waals surface area contributed by atoms with Crippen molar-refractivity contribution in [2.75, 3.05) is 0 Å². The zero-order valence-corrected chi connectivity index (χ0v) is 7.91. The van der Waals surface area contributed by atoms with Gasteiger partial charge in [-0.1, -0.05) is 0 Å². The van der Waals surface area contributed by atoms with Crippen LogP contribution in [0.5, 0.6) is 5.75 Å². The van der Waals surface area contributed by atoms with Gasteiger partial charge in [0.05, 0.1) is 0 Å².